The van der Waals surface area contributed by atoms with Crippen LogP contribution in [0, 0.1) is 0 Å². The van der Waals surface area contributed by atoms with Crippen molar-refractivity contribution in [2.45, 2.75) is 31.3 Å². The normalized spacial score (nSPS) is 33.3. The highest BCUT2D eigenvalue weighted by Crippen LogP contribution is 2.15. The van der Waals surface area contributed by atoms with Gasteiger partial charge >= 0.3 is 0 Å². The molecule has 1 N–H and O–H groups in total. The van der Waals surface area contributed by atoms with Crippen molar-refractivity contribution in [3.05, 3.63) is 0 Å². The quantitative estimate of drug-likeness (QED) is 0.720. The summed E-state index contributed by atoms with van der Waals surface area (Å²) < 4.78 is 22.5. The van der Waals surface area contributed by atoms with Gasteiger partial charge in [0.1, 0.15) is 9.84 Å². The maximum atomic E-state index is 11.2. The van der Waals surface area contributed by atoms with Crippen LogP contribution in [0.3, 0.4) is 0 Å². The molecule has 1 atom stereocenters. The van der Waals surface area contributed by atoms with Gasteiger partial charge in [-0.15, -0.1) is 0 Å². The Hall–Kier alpha value is -0.130. The number of sulfone groups is 1. The van der Waals surface area contributed by atoms with E-state index in [2.05, 4.69) is 17.3 Å². The molecule has 0 aromatic carbocycles. The summed E-state index contributed by atoms with van der Waals surface area (Å²) in [5, 5.41) is 3.58. The van der Waals surface area contributed by atoms with Crippen molar-refractivity contribution >= 4 is 9.84 Å². The van der Waals surface area contributed by atoms with E-state index in [1.165, 1.54) is 6.42 Å². The highest BCUT2D eigenvalue weighted by molar-refractivity contribution is 7.91. The molecule has 2 aliphatic heterocycles. The summed E-state index contributed by atoms with van der Waals surface area (Å²) in [6.45, 7) is 2.26. The first kappa shape index (κ1) is 11.4. The average Bonchev–Trinajstić information content (AvgIpc) is 2.55. The summed E-state index contributed by atoms with van der Waals surface area (Å²) in [6, 6.07) is 0.992. The SMILES string of the molecule is CN1CCC(NC2CCS(=O)(=O)CC2)C1. The van der Waals surface area contributed by atoms with Gasteiger partial charge in [0.15, 0.2) is 0 Å². The standard InChI is InChI=1S/C10H20N2O2S/c1-12-5-2-10(8-12)11-9-3-6-15(13,14)7-4-9/h9-11H,2-8H2,1H3. The molecule has 0 amide bonds. The van der Waals surface area contributed by atoms with Gasteiger partial charge in [-0.2, -0.15) is 0 Å². The van der Waals surface area contributed by atoms with E-state index in [0.29, 0.717) is 23.6 Å². The van der Waals surface area contributed by atoms with Crippen molar-refractivity contribution in [2.75, 3.05) is 31.6 Å². The zero-order valence-corrected chi connectivity index (χ0v) is 10.1. The molecule has 2 aliphatic rings. The van der Waals surface area contributed by atoms with Gasteiger partial charge in [-0.3, -0.25) is 0 Å². The van der Waals surface area contributed by atoms with Crippen LogP contribution >= 0.6 is 0 Å². The van der Waals surface area contributed by atoms with Gasteiger partial charge in [-0.1, -0.05) is 0 Å². The number of hydrogen-bond acceptors (Lipinski definition) is 4. The largest absolute Gasteiger partial charge is 0.310 e. The third-order valence-corrected chi connectivity index (χ3v) is 5.13. The summed E-state index contributed by atoms with van der Waals surface area (Å²) >= 11 is 0. The Morgan fingerprint density at radius 2 is 1.80 bits per heavy atom. The van der Waals surface area contributed by atoms with E-state index in [1.807, 2.05) is 0 Å². The van der Waals surface area contributed by atoms with Crippen molar-refractivity contribution in [1.29, 1.82) is 0 Å². The van der Waals surface area contributed by atoms with E-state index in [4.69, 9.17) is 0 Å². The maximum Gasteiger partial charge on any atom is 0.150 e. The molecule has 0 spiro atoms. The first-order valence-corrected chi connectivity index (χ1v) is 7.52. The van der Waals surface area contributed by atoms with Crippen molar-refractivity contribution in [3.63, 3.8) is 0 Å². The fourth-order valence-corrected chi connectivity index (χ4v) is 3.95. The Morgan fingerprint density at radius 3 is 2.33 bits per heavy atom. The van der Waals surface area contributed by atoms with Gasteiger partial charge in [-0.05, 0) is 32.9 Å². The van der Waals surface area contributed by atoms with Crippen LogP contribution in [0.15, 0.2) is 0 Å². The van der Waals surface area contributed by atoms with Crippen LogP contribution in [0.5, 0.6) is 0 Å². The van der Waals surface area contributed by atoms with E-state index in [-0.39, 0.29) is 0 Å². The minimum atomic E-state index is -2.71. The Kier molecular flexibility index (Phi) is 3.33. The summed E-state index contributed by atoms with van der Waals surface area (Å²) in [5.41, 5.74) is 0. The molecule has 0 aliphatic carbocycles. The fourth-order valence-electron chi connectivity index (χ4n) is 2.46. The molecule has 4 nitrogen and oxygen atoms in total. The van der Waals surface area contributed by atoms with Crippen molar-refractivity contribution in [1.82, 2.24) is 10.2 Å². The zero-order valence-electron chi connectivity index (χ0n) is 9.28. The van der Waals surface area contributed by atoms with Crippen molar-refractivity contribution in [2.24, 2.45) is 0 Å². The van der Waals surface area contributed by atoms with Gasteiger partial charge in [-0.25, -0.2) is 8.42 Å². The van der Waals surface area contributed by atoms with Crippen molar-refractivity contribution in [3.8, 4) is 0 Å². The van der Waals surface area contributed by atoms with Crippen LogP contribution in [0.2, 0.25) is 0 Å². The predicted molar refractivity (Wildman–Crippen MR) is 60.7 cm³/mol. The van der Waals surface area contributed by atoms with Crippen LogP contribution in [-0.4, -0.2) is 57.0 Å². The monoisotopic (exact) mass is 232 g/mol. The Bertz CT molecular complexity index is 301. The van der Waals surface area contributed by atoms with Gasteiger partial charge in [0, 0.05) is 18.6 Å². The Morgan fingerprint density at radius 1 is 1.13 bits per heavy atom. The molecular weight excluding hydrogens is 212 g/mol. The summed E-state index contributed by atoms with van der Waals surface area (Å²) in [6.07, 6.45) is 2.78. The first-order chi connectivity index (χ1) is 7.05. The van der Waals surface area contributed by atoms with Crippen LogP contribution < -0.4 is 5.32 Å². The predicted octanol–water partition coefficient (Wildman–Crippen LogP) is -0.143. The molecular formula is C10H20N2O2S. The second-order valence-electron chi connectivity index (χ2n) is 4.84. The van der Waals surface area contributed by atoms with E-state index in [0.717, 1.165) is 25.9 Å². The van der Waals surface area contributed by atoms with Crippen LogP contribution in [0.25, 0.3) is 0 Å². The average molecular weight is 232 g/mol. The molecule has 2 fully saturated rings. The molecule has 0 aromatic rings. The lowest BCUT2D eigenvalue weighted by atomic mass is 10.1. The Balaban J connectivity index is 1.77. The van der Waals surface area contributed by atoms with E-state index >= 15 is 0 Å². The van der Waals surface area contributed by atoms with Crippen LogP contribution in [0.1, 0.15) is 19.3 Å². The third kappa shape index (κ3) is 3.16. The fraction of sp³-hybridized carbons (Fsp3) is 1.00. The van der Waals surface area contributed by atoms with Gasteiger partial charge in [0.05, 0.1) is 11.5 Å². The molecule has 0 radical (unpaired) electrons. The second-order valence-corrected chi connectivity index (χ2v) is 7.14. The number of nitrogens with zero attached hydrogens (tertiary/aromatic N) is 1. The highest BCUT2D eigenvalue weighted by atomic mass is 32.2. The molecule has 5 heteroatoms. The molecule has 2 heterocycles. The van der Waals surface area contributed by atoms with Gasteiger partial charge in [0.25, 0.3) is 0 Å². The molecule has 88 valence electrons. The lowest BCUT2D eigenvalue weighted by Crippen LogP contribution is -2.44. The second kappa shape index (κ2) is 4.39. The number of likely N-dealkylation sites (tertiary alicyclic amines) is 1. The Labute approximate surface area is 91.9 Å². The first-order valence-electron chi connectivity index (χ1n) is 5.70. The summed E-state index contributed by atoms with van der Waals surface area (Å²) in [5.74, 6) is 0.737. The topological polar surface area (TPSA) is 49.4 Å². The number of hydrogen-bond donors (Lipinski definition) is 1. The zero-order chi connectivity index (χ0) is 10.9. The van der Waals surface area contributed by atoms with E-state index < -0.39 is 9.84 Å². The lowest BCUT2D eigenvalue weighted by molar-refractivity contribution is 0.369. The molecule has 0 saturated carbocycles. The van der Waals surface area contributed by atoms with E-state index in [1.54, 1.807) is 0 Å². The van der Waals surface area contributed by atoms with Crippen molar-refractivity contribution < 1.29 is 8.42 Å². The third-order valence-electron chi connectivity index (χ3n) is 3.42. The minimum Gasteiger partial charge on any atom is -0.310 e. The smallest absolute Gasteiger partial charge is 0.150 e. The van der Waals surface area contributed by atoms with Gasteiger partial charge < -0.3 is 10.2 Å². The highest BCUT2D eigenvalue weighted by Gasteiger charge is 2.27. The number of likely N-dealkylation sites (N-methyl/N-ethyl adjacent to an activating group) is 1. The van der Waals surface area contributed by atoms with Gasteiger partial charge in [0.2, 0.25) is 0 Å². The minimum absolute atomic E-state index is 0.368. The number of nitrogens with one attached hydrogen (secondary N) is 1. The molecule has 2 rings (SSSR count). The van der Waals surface area contributed by atoms with E-state index in [9.17, 15) is 8.42 Å². The summed E-state index contributed by atoms with van der Waals surface area (Å²) in [7, 11) is -0.579. The molecule has 2 saturated heterocycles. The number of rotatable bonds is 2. The maximum absolute atomic E-state index is 11.2. The summed E-state index contributed by atoms with van der Waals surface area (Å²) in [4.78, 5) is 2.32. The molecule has 15 heavy (non-hydrogen) atoms. The van der Waals surface area contributed by atoms with Crippen LogP contribution in [0.4, 0.5) is 0 Å². The van der Waals surface area contributed by atoms with Crippen LogP contribution in [-0.2, 0) is 9.84 Å². The lowest BCUT2D eigenvalue weighted by Gasteiger charge is -2.26. The molecule has 0 bridgehead atoms. The molecule has 1 unspecified atom stereocenters. The molecule has 0 aromatic heterocycles.